The van der Waals surface area contributed by atoms with Crippen molar-refractivity contribution < 1.29 is 22.0 Å². The Balaban J connectivity index is 2.61. The largest absolute Gasteiger partial charge is 0.313 e. The molecule has 1 aromatic carbocycles. The number of aromatic nitrogens is 2. The van der Waals surface area contributed by atoms with E-state index in [1.165, 1.54) is 0 Å². The molecule has 0 atom stereocenters. The van der Waals surface area contributed by atoms with Crippen LogP contribution in [0.15, 0.2) is 0 Å². The van der Waals surface area contributed by atoms with Crippen molar-refractivity contribution in [3.8, 4) is 10.6 Å². The minimum Gasteiger partial charge on any atom is -0.313 e. The van der Waals surface area contributed by atoms with Crippen molar-refractivity contribution in [1.29, 1.82) is 0 Å². The van der Waals surface area contributed by atoms with Crippen molar-refractivity contribution in [1.82, 2.24) is 15.5 Å². The maximum Gasteiger partial charge on any atom is 0.200 e. The van der Waals surface area contributed by atoms with Gasteiger partial charge in [0.2, 0.25) is 5.82 Å². The molecular formula is C10H6F5N3S. The molecule has 0 aliphatic heterocycles. The average Bonchev–Trinajstić information content (AvgIpc) is 2.83. The third-order valence-corrected chi connectivity index (χ3v) is 3.16. The SMILES string of the molecule is CNCc1nnc(-c2c(F)c(F)c(F)c(F)c2F)s1. The number of benzene rings is 1. The molecule has 3 nitrogen and oxygen atoms in total. The van der Waals surface area contributed by atoms with Crippen LogP contribution in [0.25, 0.3) is 10.6 Å². The van der Waals surface area contributed by atoms with Crippen LogP contribution in [0, 0.1) is 29.1 Å². The number of nitrogens with zero attached hydrogens (tertiary/aromatic N) is 2. The Hall–Kier alpha value is -1.61. The van der Waals surface area contributed by atoms with E-state index in [0.29, 0.717) is 5.01 Å². The van der Waals surface area contributed by atoms with Crippen molar-refractivity contribution in [3.63, 3.8) is 0 Å². The third kappa shape index (κ3) is 2.30. The zero-order valence-corrected chi connectivity index (χ0v) is 10.2. The zero-order chi connectivity index (χ0) is 14.2. The Morgan fingerprint density at radius 2 is 1.42 bits per heavy atom. The van der Waals surface area contributed by atoms with Gasteiger partial charge in [-0.2, -0.15) is 0 Å². The first-order valence-electron chi connectivity index (χ1n) is 4.96. The summed E-state index contributed by atoms with van der Waals surface area (Å²) in [6.07, 6.45) is 0. The Kier molecular flexibility index (Phi) is 3.76. The van der Waals surface area contributed by atoms with Gasteiger partial charge < -0.3 is 5.32 Å². The average molecular weight is 295 g/mol. The lowest BCUT2D eigenvalue weighted by molar-refractivity contribution is 0.381. The van der Waals surface area contributed by atoms with Crippen molar-refractivity contribution in [2.45, 2.75) is 6.54 Å². The molecule has 2 aromatic rings. The predicted octanol–water partition coefficient (Wildman–Crippen LogP) is 2.62. The number of hydrogen-bond donors (Lipinski definition) is 1. The fourth-order valence-corrected chi connectivity index (χ4v) is 2.25. The van der Waals surface area contributed by atoms with Crippen LogP contribution in [0.1, 0.15) is 5.01 Å². The first-order valence-corrected chi connectivity index (χ1v) is 5.77. The molecule has 0 saturated heterocycles. The molecule has 0 spiro atoms. The van der Waals surface area contributed by atoms with Crippen molar-refractivity contribution >= 4 is 11.3 Å². The van der Waals surface area contributed by atoms with Crippen LogP contribution >= 0.6 is 11.3 Å². The third-order valence-electron chi connectivity index (χ3n) is 2.22. The minimum absolute atomic E-state index is 0.271. The van der Waals surface area contributed by atoms with E-state index < -0.39 is 34.6 Å². The van der Waals surface area contributed by atoms with Gasteiger partial charge >= 0.3 is 0 Å². The highest BCUT2D eigenvalue weighted by atomic mass is 32.1. The van der Waals surface area contributed by atoms with Gasteiger partial charge in [-0.1, -0.05) is 11.3 Å². The predicted molar refractivity (Wildman–Crippen MR) is 57.9 cm³/mol. The number of hydrogen-bond acceptors (Lipinski definition) is 4. The Labute approximate surface area is 108 Å². The molecule has 102 valence electrons. The van der Waals surface area contributed by atoms with Crippen LogP contribution < -0.4 is 5.32 Å². The highest BCUT2D eigenvalue weighted by molar-refractivity contribution is 7.14. The van der Waals surface area contributed by atoms with Crippen molar-refractivity contribution in [2.24, 2.45) is 0 Å². The summed E-state index contributed by atoms with van der Waals surface area (Å²) in [6, 6.07) is 0. The molecule has 0 saturated carbocycles. The van der Waals surface area contributed by atoms with Gasteiger partial charge in [-0.05, 0) is 7.05 Å². The summed E-state index contributed by atoms with van der Waals surface area (Å²) in [5.74, 6) is -10.0. The van der Waals surface area contributed by atoms with E-state index in [1.807, 2.05) is 0 Å². The lowest BCUT2D eigenvalue weighted by atomic mass is 10.2. The van der Waals surface area contributed by atoms with Gasteiger partial charge in [0.1, 0.15) is 5.01 Å². The summed E-state index contributed by atoms with van der Waals surface area (Å²) in [6.45, 7) is 0.271. The smallest absolute Gasteiger partial charge is 0.200 e. The van der Waals surface area contributed by atoms with E-state index in [9.17, 15) is 22.0 Å². The Bertz CT molecular complexity index is 599. The molecule has 0 bridgehead atoms. The summed E-state index contributed by atoms with van der Waals surface area (Å²) < 4.78 is 65.9. The second kappa shape index (κ2) is 5.17. The van der Waals surface area contributed by atoms with Gasteiger partial charge in [-0.15, -0.1) is 10.2 Å². The van der Waals surface area contributed by atoms with Crippen molar-refractivity contribution in [3.05, 3.63) is 34.1 Å². The summed E-state index contributed by atoms with van der Waals surface area (Å²) in [5.41, 5.74) is -1.06. The molecular weight excluding hydrogens is 289 g/mol. The molecule has 0 aliphatic carbocycles. The van der Waals surface area contributed by atoms with E-state index in [1.54, 1.807) is 7.05 Å². The van der Waals surface area contributed by atoms with Gasteiger partial charge in [0.15, 0.2) is 28.3 Å². The normalized spacial score (nSPS) is 11.1. The first-order chi connectivity index (χ1) is 8.97. The van der Waals surface area contributed by atoms with Gasteiger partial charge in [0.25, 0.3) is 0 Å². The highest BCUT2D eigenvalue weighted by Crippen LogP contribution is 2.33. The maximum atomic E-state index is 13.5. The molecule has 0 amide bonds. The number of halogens is 5. The lowest BCUT2D eigenvalue weighted by Crippen LogP contribution is -2.04. The molecule has 9 heteroatoms. The van der Waals surface area contributed by atoms with Crippen LogP contribution in [0.4, 0.5) is 22.0 Å². The fourth-order valence-electron chi connectivity index (χ4n) is 1.37. The first kappa shape index (κ1) is 13.8. The van der Waals surface area contributed by atoms with Gasteiger partial charge in [0, 0.05) is 6.54 Å². The summed E-state index contributed by atoms with van der Waals surface area (Å²) in [7, 11) is 1.61. The van der Waals surface area contributed by atoms with Gasteiger partial charge in [-0.3, -0.25) is 0 Å². The molecule has 0 fully saturated rings. The minimum atomic E-state index is -2.20. The van der Waals surface area contributed by atoms with E-state index in [4.69, 9.17) is 0 Å². The molecule has 0 unspecified atom stereocenters. The van der Waals surface area contributed by atoms with E-state index in [0.717, 1.165) is 11.3 Å². The Morgan fingerprint density at radius 1 is 0.895 bits per heavy atom. The Morgan fingerprint density at radius 3 is 1.95 bits per heavy atom. The lowest BCUT2D eigenvalue weighted by Gasteiger charge is -2.04. The molecule has 0 aliphatic rings. The second-order valence-electron chi connectivity index (χ2n) is 3.48. The molecule has 2 rings (SSSR count). The second-order valence-corrected chi connectivity index (χ2v) is 4.54. The standard InChI is InChI=1S/C10H6F5N3S/c1-16-2-3-17-18-10(19-3)4-5(11)7(13)9(15)8(14)6(4)12/h16H,2H2,1H3. The quantitative estimate of drug-likeness (QED) is 0.537. The fraction of sp³-hybridized carbons (Fsp3) is 0.200. The maximum absolute atomic E-state index is 13.5. The van der Waals surface area contributed by atoms with Crippen LogP contribution in [0.5, 0.6) is 0 Å². The monoisotopic (exact) mass is 295 g/mol. The summed E-state index contributed by atoms with van der Waals surface area (Å²) in [4.78, 5) is 0. The highest BCUT2D eigenvalue weighted by Gasteiger charge is 2.28. The molecule has 0 radical (unpaired) electrons. The topological polar surface area (TPSA) is 37.8 Å². The van der Waals surface area contributed by atoms with E-state index >= 15 is 0 Å². The molecule has 19 heavy (non-hydrogen) atoms. The molecule has 1 aromatic heterocycles. The van der Waals surface area contributed by atoms with Gasteiger partial charge in [-0.25, -0.2) is 22.0 Å². The zero-order valence-electron chi connectivity index (χ0n) is 9.40. The molecule has 1 heterocycles. The van der Waals surface area contributed by atoms with Crippen molar-refractivity contribution in [2.75, 3.05) is 7.05 Å². The van der Waals surface area contributed by atoms with Crippen LogP contribution in [-0.4, -0.2) is 17.2 Å². The molecule has 1 N–H and O–H groups in total. The van der Waals surface area contributed by atoms with Crippen LogP contribution in [0.2, 0.25) is 0 Å². The number of nitrogens with one attached hydrogen (secondary N) is 1. The van der Waals surface area contributed by atoms with Gasteiger partial charge in [0.05, 0.1) is 5.56 Å². The van der Waals surface area contributed by atoms with E-state index in [-0.39, 0.29) is 11.6 Å². The summed E-state index contributed by atoms with van der Waals surface area (Å²) >= 11 is 0.742. The summed E-state index contributed by atoms with van der Waals surface area (Å²) in [5, 5.41) is 9.73. The van der Waals surface area contributed by atoms with Crippen LogP contribution in [-0.2, 0) is 6.54 Å². The number of rotatable bonds is 3. The van der Waals surface area contributed by atoms with E-state index in [2.05, 4.69) is 15.5 Å². The van der Waals surface area contributed by atoms with Crippen LogP contribution in [0.3, 0.4) is 0 Å².